The largest absolute Gasteiger partial charge is 0.314 e. The van der Waals surface area contributed by atoms with Crippen molar-refractivity contribution in [2.45, 2.75) is 32.2 Å². The van der Waals surface area contributed by atoms with Crippen LogP contribution in [0.3, 0.4) is 0 Å². The molecule has 2 heteroatoms. The molecule has 0 aliphatic carbocycles. The second kappa shape index (κ2) is 4.73. The van der Waals surface area contributed by atoms with Crippen LogP contribution in [0.2, 0.25) is 0 Å². The molecule has 0 radical (unpaired) electrons. The highest BCUT2D eigenvalue weighted by Gasteiger charge is 2.09. The van der Waals surface area contributed by atoms with Gasteiger partial charge in [0.25, 0.3) is 0 Å². The lowest BCUT2D eigenvalue weighted by atomic mass is 10.1. The first-order chi connectivity index (χ1) is 5.33. The Bertz CT molecular complexity index is 104. The Morgan fingerprint density at radius 1 is 1.45 bits per heavy atom. The zero-order valence-electron chi connectivity index (χ0n) is 7.77. The predicted molar refractivity (Wildman–Crippen MR) is 48.8 cm³/mol. The monoisotopic (exact) mass is 156 g/mol. The highest BCUT2D eigenvalue weighted by Crippen LogP contribution is 2.02. The summed E-state index contributed by atoms with van der Waals surface area (Å²) in [5, 5.41) is 3.57. The Balaban J connectivity index is 2.25. The quantitative estimate of drug-likeness (QED) is 0.611. The second-order valence-electron chi connectivity index (χ2n) is 3.50. The third-order valence-electron chi connectivity index (χ3n) is 2.50. The van der Waals surface area contributed by atoms with Gasteiger partial charge >= 0.3 is 0 Å². The van der Waals surface area contributed by atoms with E-state index in [2.05, 4.69) is 24.2 Å². The summed E-state index contributed by atoms with van der Waals surface area (Å²) in [6.45, 7) is 5.97. The number of nitrogens with one attached hydrogen (secondary N) is 1. The van der Waals surface area contributed by atoms with Crippen LogP contribution in [0, 0.1) is 0 Å². The van der Waals surface area contributed by atoms with Gasteiger partial charge in [-0.1, -0.05) is 6.92 Å². The van der Waals surface area contributed by atoms with Gasteiger partial charge in [-0.3, -0.25) is 0 Å². The Morgan fingerprint density at radius 2 is 2.27 bits per heavy atom. The topological polar surface area (TPSA) is 15.3 Å². The number of nitrogens with zero attached hydrogens (tertiary/aromatic N) is 1. The van der Waals surface area contributed by atoms with Gasteiger partial charge in [0, 0.05) is 6.04 Å². The van der Waals surface area contributed by atoms with Crippen molar-refractivity contribution in [3.63, 3.8) is 0 Å². The van der Waals surface area contributed by atoms with E-state index in [0.717, 1.165) is 6.04 Å². The van der Waals surface area contributed by atoms with Gasteiger partial charge in [-0.2, -0.15) is 0 Å². The minimum atomic E-state index is 0.762. The van der Waals surface area contributed by atoms with Gasteiger partial charge in [0.1, 0.15) is 0 Å². The molecular weight excluding hydrogens is 136 g/mol. The summed E-state index contributed by atoms with van der Waals surface area (Å²) in [6.07, 6.45) is 3.88. The van der Waals surface area contributed by atoms with E-state index in [9.17, 15) is 0 Å². The molecule has 1 saturated heterocycles. The molecule has 1 N–H and O–H groups in total. The molecule has 1 heterocycles. The van der Waals surface area contributed by atoms with Crippen LogP contribution in [0.4, 0.5) is 0 Å². The van der Waals surface area contributed by atoms with Crippen molar-refractivity contribution in [2.75, 3.05) is 26.7 Å². The molecule has 1 atom stereocenters. The summed E-state index contributed by atoms with van der Waals surface area (Å²) in [6, 6.07) is 0.762. The molecule has 11 heavy (non-hydrogen) atoms. The van der Waals surface area contributed by atoms with Crippen LogP contribution in [0.5, 0.6) is 0 Å². The second-order valence-corrected chi connectivity index (χ2v) is 3.50. The van der Waals surface area contributed by atoms with Crippen molar-refractivity contribution in [1.29, 1.82) is 0 Å². The zero-order chi connectivity index (χ0) is 8.10. The van der Waals surface area contributed by atoms with E-state index in [1.165, 1.54) is 38.9 Å². The van der Waals surface area contributed by atoms with Crippen molar-refractivity contribution in [3.8, 4) is 0 Å². The van der Waals surface area contributed by atoms with Crippen LogP contribution in [0.15, 0.2) is 0 Å². The maximum atomic E-state index is 3.57. The Morgan fingerprint density at radius 3 is 3.00 bits per heavy atom. The Hall–Kier alpha value is -0.0800. The normalized spacial score (nSPS) is 29.5. The minimum Gasteiger partial charge on any atom is -0.314 e. The average molecular weight is 156 g/mol. The van der Waals surface area contributed by atoms with E-state index in [1.54, 1.807) is 0 Å². The lowest BCUT2D eigenvalue weighted by molar-refractivity contribution is 0.273. The van der Waals surface area contributed by atoms with Crippen molar-refractivity contribution < 1.29 is 0 Å². The van der Waals surface area contributed by atoms with Crippen LogP contribution in [0.1, 0.15) is 26.2 Å². The first-order valence-electron chi connectivity index (χ1n) is 4.75. The van der Waals surface area contributed by atoms with Gasteiger partial charge < -0.3 is 10.2 Å². The van der Waals surface area contributed by atoms with Gasteiger partial charge in [0.2, 0.25) is 0 Å². The average Bonchev–Trinajstić information content (AvgIpc) is 1.98. The maximum absolute atomic E-state index is 3.57. The highest BCUT2D eigenvalue weighted by atomic mass is 15.1. The first-order valence-corrected chi connectivity index (χ1v) is 4.75. The van der Waals surface area contributed by atoms with Gasteiger partial charge in [0.15, 0.2) is 0 Å². The summed E-state index contributed by atoms with van der Waals surface area (Å²) in [5.74, 6) is 0. The molecule has 0 amide bonds. The third-order valence-corrected chi connectivity index (χ3v) is 2.50. The summed E-state index contributed by atoms with van der Waals surface area (Å²) in [5.41, 5.74) is 0. The van der Waals surface area contributed by atoms with E-state index < -0.39 is 0 Å². The lowest BCUT2D eigenvalue weighted by Gasteiger charge is -2.25. The molecule has 0 bridgehead atoms. The number of hydrogen-bond acceptors (Lipinski definition) is 2. The molecule has 66 valence electrons. The van der Waals surface area contributed by atoms with Gasteiger partial charge in [-0.05, 0) is 45.9 Å². The Kier molecular flexibility index (Phi) is 3.87. The van der Waals surface area contributed by atoms with E-state index in [0.29, 0.717) is 0 Å². The number of hydrogen-bond donors (Lipinski definition) is 1. The lowest BCUT2D eigenvalue weighted by Crippen LogP contribution is -2.37. The summed E-state index contributed by atoms with van der Waals surface area (Å²) >= 11 is 0. The van der Waals surface area contributed by atoms with Crippen molar-refractivity contribution in [3.05, 3.63) is 0 Å². The van der Waals surface area contributed by atoms with Crippen molar-refractivity contribution >= 4 is 0 Å². The third kappa shape index (κ3) is 3.21. The van der Waals surface area contributed by atoms with Gasteiger partial charge in [-0.15, -0.1) is 0 Å². The minimum absolute atomic E-state index is 0.762. The molecule has 1 aliphatic rings. The van der Waals surface area contributed by atoms with Crippen molar-refractivity contribution in [1.82, 2.24) is 10.2 Å². The molecule has 0 saturated carbocycles. The summed E-state index contributed by atoms with van der Waals surface area (Å²) < 4.78 is 0. The SMILES string of the molecule is CCC1CCN(C)CCCN1. The van der Waals surface area contributed by atoms with Crippen LogP contribution >= 0.6 is 0 Å². The van der Waals surface area contributed by atoms with Crippen molar-refractivity contribution in [2.24, 2.45) is 0 Å². The van der Waals surface area contributed by atoms with E-state index in [4.69, 9.17) is 0 Å². The first kappa shape index (κ1) is 9.01. The molecule has 0 aromatic heterocycles. The summed E-state index contributed by atoms with van der Waals surface area (Å²) in [7, 11) is 2.22. The number of rotatable bonds is 1. The molecule has 0 spiro atoms. The molecule has 1 rings (SSSR count). The molecule has 0 aromatic carbocycles. The maximum Gasteiger partial charge on any atom is 0.00766 e. The van der Waals surface area contributed by atoms with Gasteiger partial charge in [-0.25, -0.2) is 0 Å². The van der Waals surface area contributed by atoms with E-state index >= 15 is 0 Å². The predicted octanol–water partition coefficient (Wildman–Crippen LogP) is 1.08. The fourth-order valence-electron chi connectivity index (χ4n) is 1.59. The molecule has 2 nitrogen and oxygen atoms in total. The molecule has 1 fully saturated rings. The molecule has 1 unspecified atom stereocenters. The van der Waals surface area contributed by atoms with Crippen LogP contribution in [0.25, 0.3) is 0 Å². The van der Waals surface area contributed by atoms with Gasteiger partial charge in [0.05, 0.1) is 0 Å². The van der Waals surface area contributed by atoms with E-state index in [-0.39, 0.29) is 0 Å². The fourth-order valence-corrected chi connectivity index (χ4v) is 1.59. The standard InChI is InChI=1S/C9H20N2/c1-3-9-5-8-11(2)7-4-6-10-9/h9-10H,3-8H2,1-2H3. The molecule has 1 aliphatic heterocycles. The summed E-state index contributed by atoms with van der Waals surface area (Å²) in [4.78, 5) is 2.43. The van der Waals surface area contributed by atoms with E-state index in [1.807, 2.05) is 0 Å². The fraction of sp³-hybridized carbons (Fsp3) is 1.00. The Labute approximate surface area is 70.0 Å². The molecular formula is C9H20N2. The zero-order valence-corrected chi connectivity index (χ0v) is 7.77. The van der Waals surface area contributed by atoms with Crippen LogP contribution < -0.4 is 5.32 Å². The smallest absolute Gasteiger partial charge is 0.00766 e. The van der Waals surface area contributed by atoms with Crippen LogP contribution in [-0.2, 0) is 0 Å². The van der Waals surface area contributed by atoms with Crippen LogP contribution in [-0.4, -0.2) is 37.6 Å². The highest BCUT2D eigenvalue weighted by molar-refractivity contribution is 4.70. The molecule has 0 aromatic rings.